The first kappa shape index (κ1) is 16.5. The molecule has 2 heterocycles. The molecule has 0 radical (unpaired) electrons. The maximum Gasteiger partial charge on any atom is 0.213 e. The fourth-order valence-corrected chi connectivity index (χ4v) is 3.96. The minimum atomic E-state index is -0.295. The predicted octanol–water partition coefficient (Wildman–Crippen LogP) is 5.83. The first-order chi connectivity index (χ1) is 13.2. The molecule has 0 N–H and O–H groups in total. The van der Waals surface area contributed by atoms with Crippen LogP contribution in [0.2, 0.25) is 0 Å². The number of hydrogen-bond acceptors (Lipinski definition) is 3. The molecule has 0 fully saturated rings. The Morgan fingerprint density at radius 2 is 1.70 bits per heavy atom. The van der Waals surface area contributed by atoms with Gasteiger partial charge in [0.2, 0.25) is 6.23 Å². The van der Waals surface area contributed by atoms with E-state index in [2.05, 4.69) is 22.0 Å². The van der Waals surface area contributed by atoms with Gasteiger partial charge in [0, 0.05) is 22.0 Å². The molecule has 2 atom stereocenters. The van der Waals surface area contributed by atoms with Gasteiger partial charge in [-0.3, -0.25) is 0 Å². The number of para-hydroxylation sites is 1. The summed E-state index contributed by atoms with van der Waals surface area (Å²) >= 11 is 3.49. The van der Waals surface area contributed by atoms with Gasteiger partial charge in [-0.2, -0.15) is 5.10 Å². The molecule has 0 bridgehead atoms. The lowest BCUT2D eigenvalue weighted by Crippen LogP contribution is -2.33. The van der Waals surface area contributed by atoms with Gasteiger partial charge in [-0.15, -0.1) is 0 Å². The Labute approximate surface area is 165 Å². The summed E-state index contributed by atoms with van der Waals surface area (Å²) in [6, 6.07) is 22.9. The summed E-state index contributed by atoms with van der Waals surface area (Å²) in [6.07, 6.45) is 0.468. The van der Waals surface area contributed by atoms with Crippen molar-refractivity contribution in [3.05, 3.63) is 99.8 Å². The molecular weight excluding hydrogens is 407 g/mol. The number of fused-ring (bicyclic) bond motifs is 3. The Hall–Kier alpha value is -2.66. The maximum absolute atomic E-state index is 13.3. The van der Waals surface area contributed by atoms with E-state index >= 15 is 0 Å². The smallest absolute Gasteiger partial charge is 0.213 e. The Balaban J connectivity index is 1.58. The summed E-state index contributed by atoms with van der Waals surface area (Å²) < 4.78 is 20.7. The molecule has 0 unspecified atom stereocenters. The second-order valence-corrected chi connectivity index (χ2v) is 7.63. The fourth-order valence-electron chi connectivity index (χ4n) is 3.70. The van der Waals surface area contributed by atoms with E-state index in [0.29, 0.717) is 0 Å². The summed E-state index contributed by atoms with van der Waals surface area (Å²) in [5.74, 6) is 0.652. The molecule has 0 aromatic heterocycles. The molecular formula is C22H16BrFN2O. The highest BCUT2D eigenvalue weighted by molar-refractivity contribution is 9.10. The summed E-state index contributed by atoms with van der Waals surface area (Å²) in [4.78, 5) is 0. The number of hydrazone groups is 1. The Morgan fingerprint density at radius 3 is 2.48 bits per heavy atom. The van der Waals surface area contributed by atoms with Crippen LogP contribution in [-0.4, -0.2) is 10.7 Å². The van der Waals surface area contributed by atoms with Crippen molar-refractivity contribution < 1.29 is 9.13 Å². The number of nitrogens with zero attached hydrogens (tertiary/aromatic N) is 2. The topological polar surface area (TPSA) is 24.8 Å². The van der Waals surface area contributed by atoms with Gasteiger partial charge in [0.05, 0.1) is 11.8 Å². The molecule has 2 aliphatic rings. The summed E-state index contributed by atoms with van der Waals surface area (Å²) in [6.45, 7) is 0. The van der Waals surface area contributed by atoms with Gasteiger partial charge >= 0.3 is 0 Å². The van der Waals surface area contributed by atoms with Crippen molar-refractivity contribution in [3.63, 3.8) is 0 Å². The molecule has 134 valence electrons. The lowest BCUT2D eigenvalue weighted by atomic mass is 9.96. The van der Waals surface area contributed by atoms with Crippen molar-refractivity contribution in [2.75, 3.05) is 0 Å². The fraction of sp³-hybridized carbons (Fsp3) is 0.136. The van der Waals surface area contributed by atoms with Gasteiger partial charge in [-0.1, -0.05) is 58.4 Å². The number of hydrogen-bond donors (Lipinski definition) is 0. The molecule has 3 aromatic carbocycles. The van der Waals surface area contributed by atoms with Crippen molar-refractivity contribution in [3.8, 4) is 5.75 Å². The van der Waals surface area contributed by atoms with Crippen LogP contribution in [0.4, 0.5) is 4.39 Å². The van der Waals surface area contributed by atoms with Crippen molar-refractivity contribution in [2.24, 2.45) is 5.10 Å². The van der Waals surface area contributed by atoms with Crippen LogP contribution in [0.1, 0.15) is 35.4 Å². The van der Waals surface area contributed by atoms with Crippen LogP contribution in [0.3, 0.4) is 0 Å². The largest absolute Gasteiger partial charge is 0.464 e. The van der Waals surface area contributed by atoms with E-state index in [1.807, 2.05) is 47.5 Å². The molecule has 5 rings (SSSR count). The summed E-state index contributed by atoms with van der Waals surface area (Å²) in [7, 11) is 0. The SMILES string of the molecule is Fc1ccc(C2=NN3[C@H](C2)c2ccccc2O[C@@H]3c2ccc(Br)cc2)cc1. The van der Waals surface area contributed by atoms with Crippen LogP contribution < -0.4 is 4.74 Å². The van der Waals surface area contributed by atoms with Crippen LogP contribution in [0, 0.1) is 5.82 Å². The average molecular weight is 423 g/mol. The third-order valence-corrected chi connectivity index (χ3v) is 5.56. The van der Waals surface area contributed by atoms with Crippen molar-refractivity contribution in [1.29, 1.82) is 0 Å². The van der Waals surface area contributed by atoms with Gasteiger partial charge < -0.3 is 4.74 Å². The third-order valence-electron chi connectivity index (χ3n) is 5.03. The van der Waals surface area contributed by atoms with Gasteiger partial charge in [-0.05, 0) is 35.9 Å². The van der Waals surface area contributed by atoms with E-state index in [1.54, 1.807) is 12.1 Å². The molecule has 0 spiro atoms. The number of ether oxygens (including phenoxy) is 1. The lowest BCUT2D eigenvalue weighted by Gasteiger charge is -2.38. The van der Waals surface area contributed by atoms with E-state index in [9.17, 15) is 4.39 Å². The first-order valence-corrected chi connectivity index (χ1v) is 9.61. The monoisotopic (exact) mass is 422 g/mol. The zero-order valence-corrected chi connectivity index (χ0v) is 15.9. The minimum absolute atomic E-state index is 0.101. The number of halogens is 2. The van der Waals surface area contributed by atoms with Gasteiger partial charge in [0.1, 0.15) is 11.6 Å². The quantitative estimate of drug-likeness (QED) is 0.518. The van der Waals surface area contributed by atoms with E-state index in [0.717, 1.165) is 39.0 Å². The predicted molar refractivity (Wildman–Crippen MR) is 106 cm³/mol. The second kappa shape index (κ2) is 6.50. The molecule has 0 amide bonds. The van der Waals surface area contributed by atoms with Crippen LogP contribution in [0.5, 0.6) is 5.75 Å². The van der Waals surface area contributed by atoms with Crippen molar-refractivity contribution in [2.45, 2.75) is 18.7 Å². The highest BCUT2D eigenvalue weighted by Crippen LogP contribution is 2.47. The van der Waals surface area contributed by atoms with E-state index in [-0.39, 0.29) is 18.1 Å². The van der Waals surface area contributed by atoms with Crippen LogP contribution in [0.15, 0.2) is 82.4 Å². The Bertz CT molecular complexity index is 1020. The lowest BCUT2D eigenvalue weighted by molar-refractivity contribution is -0.0190. The average Bonchev–Trinajstić information content (AvgIpc) is 3.14. The van der Waals surface area contributed by atoms with Crippen molar-refractivity contribution >= 4 is 21.6 Å². The Morgan fingerprint density at radius 1 is 0.963 bits per heavy atom. The van der Waals surface area contributed by atoms with Crippen LogP contribution >= 0.6 is 15.9 Å². The molecule has 27 heavy (non-hydrogen) atoms. The molecule has 0 aliphatic carbocycles. The standard InChI is InChI=1S/C22H16BrFN2O/c23-16-9-5-15(6-10-16)22-26-20(18-3-1-2-4-21(18)27-22)13-19(25-26)14-7-11-17(24)12-8-14/h1-12,20,22H,13H2/t20-,22-/m1/s1. The molecule has 0 saturated heterocycles. The molecule has 2 aliphatic heterocycles. The zero-order chi connectivity index (χ0) is 18.4. The van der Waals surface area contributed by atoms with E-state index in [4.69, 9.17) is 9.84 Å². The summed E-state index contributed by atoms with van der Waals surface area (Å²) in [5, 5.41) is 6.91. The molecule has 3 nitrogen and oxygen atoms in total. The molecule has 3 aromatic rings. The first-order valence-electron chi connectivity index (χ1n) is 8.82. The highest BCUT2D eigenvalue weighted by atomic mass is 79.9. The highest BCUT2D eigenvalue weighted by Gasteiger charge is 2.40. The van der Waals surface area contributed by atoms with Gasteiger partial charge in [0.15, 0.2) is 0 Å². The maximum atomic E-state index is 13.3. The number of rotatable bonds is 2. The zero-order valence-electron chi connectivity index (χ0n) is 14.3. The Kier molecular flexibility index (Phi) is 3.97. The molecule has 5 heteroatoms. The van der Waals surface area contributed by atoms with Gasteiger partial charge in [0.25, 0.3) is 0 Å². The molecule has 0 saturated carbocycles. The van der Waals surface area contributed by atoms with Crippen LogP contribution in [-0.2, 0) is 0 Å². The van der Waals surface area contributed by atoms with Gasteiger partial charge in [-0.25, -0.2) is 9.40 Å². The van der Waals surface area contributed by atoms with Crippen molar-refractivity contribution in [1.82, 2.24) is 5.01 Å². The normalized spacial score (nSPS) is 20.5. The minimum Gasteiger partial charge on any atom is -0.464 e. The third kappa shape index (κ3) is 2.92. The summed E-state index contributed by atoms with van der Waals surface area (Å²) in [5.41, 5.74) is 4.06. The second-order valence-electron chi connectivity index (χ2n) is 6.71. The van der Waals surface area contributed by atoms with E-state index < -0.39 is 0 Å². The number of benzene rings is 3. The van der Waals surface area contributed by atoms with E-state index in [1.165, 1.54) is 12.1 Å². The van der Waals surface area contributed by atoms with Crippen LogP contribution in [0.25, 0.3) is 0 Å².